The van der Waals surface area contributed by atoms with Crippen molar-refractivity contribution in [2.24, 2.45) is 0 Å². The summed E-state index contributed by atoms with van der Waals surface area (Å²) in [5.74, 6) is -0.320. The molecule has 1 heterocycles. The Labute approximate surface area is 117 Å². The van der Waals surface area contributed by atoms with Gasteiger partial charge in [0.1, 0.15) is 7.11 Å². The smallest absolute Gasteiger partial charge is 0.288 e. The van der Waals surface area contributed by atoms with Gasteiger partial charge in [-0.1, -0.05) is 30.3 Å². The number of nitrogens with zero attached hydrogens (tertiary/aromatic N) is 1. The molecule has 4 heteroatoms. The van der Waals surface area contributed by atoms with Crippen molar-refractivity contribution in [2.45, 2.75) is 13.8 Å². The second-order valence-electron chi connectivity index (χ2n) is 4.47. The highest BCUT2D eigenvalue weighted by molar-refractivity contribution is 5.95. The van der Waals surface area contributed by atoms with Gasteiger partial charge in [0.2, 0.25) is 11.6 Å². The fourth-order valence-electron chi connectivity index (χ4n) is 2.07. The van der Waals surface area contributed by atoms with Crippen LogP contribution in [-0.4, -0.2) is 18.7 Å². The van der Waals surface area contributed by atoms with Crippen molar-refractivity contribution in [2.75, 3.05) is 7.11 Å². The maximum atomic E-state index is 11.8. The lowest BCUT2D eigenvalue weighted by molar-refractivity contribution is -0.887. The highest BCUT2D eigenvalue weighted by atomic mass is 16.6. The molecule has 0 aliphatic carbocycles. The molecule has 0 unspecified atom stereocenters. The van der Waals surface area contributed by atoms with Crippen molar-refractivity contribution in [1.29, 1.82) is 0 Å². The summed E-state index contributed by atoms with van der Waals surface area (Å²) in [4.78, 5) is 28.7. The van der Waals surface area contributed by atoms with Crippen LogP contribution in [-0.2, 0) is 0 Å². The van der Waals surface area contributed by atoms with Crippen LogP contribution in [0.15, 0.2) is 42.5 Å². The summed E-state index contributed by atoms with van der Waals surface area (Å²) >= 11 is 0. The lowest BCUT2D eigenvalue weighted by Gasteiger charge is -2.06. The molecule has 2 aromatic rings. The first-order valence-electron chi connectivity index (χ1n) is 6.26. The summed E-state index contributed by atoms with van der Waals surface area (Å²) in [7, 11) is 1.43. The average Bonchev–Trinajstić information content (AvgIpc) is 2.46. The van der Waals surface area contributed by atoms with Crippen molar-refractivity contribution in [3.05, 3.63) is 53.9 Å². The number of pyridine rings is 1. The maximum absolute atomic E-state index is 11.8. The first-order chi connectivity index (χ1) is 9.54. The molecule has 0 fully saturated rings. The number of aromatic nitrogens is 1. The van der Waals surface area contributed by atoms with E-state index in [2.05, 4.69) is 0 Å². The summed E-state index contributed by atoms with van der Waals surface area (Å²) in [6.45, 7) is 2.90. The molecular weight excluding hydrogens is 254 g/mol. The third kappa shape index (κ3) is 2.59. The third-order valence-electron chi connectivity index (χ3n) is 3.03. The van der Waals surface area contributed by atoms with E-state index in [4.69, 9.17) is 4.84 Å². The van der Waals surface area contributed by atoms with E-state index < -0.39 is 0 Å². The van der Waals surface area contributed by atoms with Crippen molar-refractivity contribution >= 4 is 11.6 Å². The van der Waals surface area contributed by atoms with E-state index in [1.54, 1.807) is 12.1 Å². The lowest BCUT2D eigenvalue weighted by atomic mass is 10.0. The van der Waals surface area contributed by atoms with Crippen LogP contribution in [0, 0.1) is 0 Å². The summed E-state index contributed by atoms with van der Waals surface area (Å²) in [5.41, 5.74) is 2.45. The normalized spacial score (nSPS) is 10.2. The molecule has 1 aromatic carbocycles. The van der Waals surface area contributed by atoms with Gasteiger partial charge in [-0.15, -0.1) is 0 Å². The number of rotatable bonds is 4. The number of hydrogen-bond acceptors (Lipinski definition) is 3. The fraction of sp³-hybridized carbons (Fsp3) is 0.188. The third-order valence-corrected chi connectivity index (χ3v) is 3.03. The molecule has 1 aromatic heterocycles. The molecule has 102 valence electrons. The zero-order valence-electron chi connectivity index (χ0n) is 11.7. The van der Waals surface area contributed by atoms with E-state index in [9.17, 15) is 9.59 Å². The Morgan fingerprint density at radius 1 is 0.900 bits per heavy atom. The molecule has 0 spiro atoms. The van der Waals surface area contributed by atoms with Gasteiger partial charge in [0.05, 0.1) is 0 Å². The second-order valence-corrected chi connectivity index (χ2v) is 4.47. The number of benzene rings is 1. The Hall–Kier alpha value is -2.49. The average molecular weight is 270 g/mol. The molecule has 0 radical (unpaired) electrons. The number of carbonyl (C=O) groups is 2. The van der Waals surface area contributed by atoms with Crippen molar-refractivity contribution in [3.63, 3.8) is 0 Å². The molecule has 0 atom stereocenters. The zero-order chi connectivity index (χ0) is 14.7. The molecule has 2 rings (SSSR count). The van der Waals surface area contributed by atoms with Gasteiger partial charge in [0.25, 0.3) is 0 Å². The Bertz CT molecular complexity index is 628. The molecule has 4 nitrogen and oxygen atoms in total. The Balaban J connectivity index is 2.73. The van der Waals surface area contributed by atoms with Gasteiger partial charge in [0.15, 0.2) is 0 Å². The number of ketones is 2. The Morgan fingerprint density at radius 3 is 1.80 bits per heavy atom. The van der Waals surface area contributed by atoms with Crippen LogP contribution in [0.25, 0.3) is 11.1 Å². The summed E-state index contributed by atoms with van der Waals surface area (Å²) in [5, 5.41) is 0. The van der Waals surface area contributed by atoms with Crippen LogP contribution in [0.4, 0.5) is 0 Å². The first-order valence-corrected chi connectivity index (χ1v) is 6.26. The second kappa shape index (κ2) is 5.65. The van der Waals surface area contributed by atoms with Gasteiger partial charge < -0.3 is 0 Å². The maximum Gasteiger partial charge on any atom is 0.301 e. The van der Waals surface area contributed by atoms with Crippen molar-refractivity contribution in [1.82, 2.24) is 0 Å². The Morgan fingerprint density at radius 2 is 1.40 bits per heavy atom. The van der Waals surface area contributed by atoms with Gasteiger partial charge in [-0.2, -0.15) is 0 Å². The number of carbonyl (C=O) groups excluding carboxylic acids is 2. The molecule has 0 saturated heterocycles. The van der Waals surface area contributed by atoms with E-state index in [0.717, 1.165) is 11.1 Å². The molecule has 20 heavy (non-hydrogen) atoms. The van der Waals surface area contributed by atoms with Gasteiger partial charge in [-0.25, -0.2) is 0 Å². The molecule has 0 bridgehead atoms. The minimum Gasteiger partial charge on any atom is -0.288 e. The molecule has 0 amide bonds. The van der Waals surface area contributed by atoms with E-state index in [0.29, 0.717) is 11.4 Å². The minimum absolute atomic E-state index is 0.160. The van der Waals surface area contributed by atoms with E-state index >= 15 is 0 Å². The topological polar surface area (TPSA) is 47.2 Å². The SMILES string of the molecule is CO[n+]1c(C(C)=O)cc(-c2ccccc2)cc1C(C)=O. The van der Waals surface area contributed by atoms with Crippen LogP contribution < -0.4 is 9.57 Å². The minimum atomic E-state index is -0.160. The van der Waals surface area contributed by atoms with Gasteiger partial charge >= 0.3 is 11.4 Å². The van der Waals surface area contributed by atoms with E-state index in [1.807, 2.05) is 30.3 Å². The van der Waals surface area contributed by atoms with Crippen LogP contribution in [0.3, 0.4) is 0 Å². The van der Waals surface area contributed by atoms with Crippen molar-refractivity contribution < 1.29 is 19.2 Å². The molecular formula is C16H16NO3+. The highest BCUT2D eigenvalue weighted by Gasteiger charge is 2.27. The molecule has 0 aliphatic heterocycles. The first kappa shape index (κ1) is 13.9. The van der Waals surface area contributed by atoms with Crippen LogP contribution >= 0.6 is 0 Å². The van der Waals surface area contributed by atoms with Crippen LogP contribution in [0.2, 0.25) is 0 Å². The lowest BCUT2D eigenvalue weighted by Crippen LogP contribution is -2.50. The van der Waals surface area contributed by atoms with Gasteiger partial charge in [0, 0.05) is 30.7 Å². The zero-order valence-corrected chi connectivity index (χ0v) is 11.7. The summed E-state index contributed by atoms with van der Waals surface area (Å²) < 4.78 is 1.27. The summed E-state index contributed by atoms with van der Waals surface area (Å²) in [6.07, 6.45) is 0. The van der Waals surface area contributed by atoms with E-state index in [-0.39, 0.29) is 11.6 Å². The van der Waals surface area contributed by atoms with Crippen molar-refractivity contribution in [3.8, 4) is 11.1 Å². The standard InChI is InChI=1S/C16H16NO3/c1-11(18)15-9-14(13-7-5-4-6-8-13)10-16(12(2)19)17(15)20-3/h4-10H,1-3H3/q+1. The van der Waals surface area contributed by atoms with Crippen LogP contribution in [0.5, 0.6) is 0 Å². The monoisotopic (exact) mass is 270 g/mol. The van der Waals surface area contributed by atoms with Gasteiger partial charge in [-0.05, 0) is 11.1 Å². The quantitative estimate of drug-likeness (QED) is 0.631. The number of Topliss-reactive ketones (excluding diaryl/α,β-unsaturated/α-hetero) is 2. The predicted molar refractivity (Wildman–Crippen MR) is 74.6 cm³/mol. The Kier molecular flexibility index (Phi) is 3.94. The van der Waals surface area contributed by atoms with E-state index in [1.165, 1.54) is 25.7 Å². The van der Waals surface area contributed by atoms with Crippen LogP contribution in [0.1, 0.15) is 34.8 Å². The molecule has 0 aliphatic rings. The van der Waals surface area contributed by atoms with Gasteiger partial charge in [-0.3, -0.25) is 14.4 Å². The summed E-state index contributed by atoms with van der Waals surface area (Å²) in [6, 6.07) is 13.1. The predicted octanol–water partition coefficient (Wildman–Crippen LogP) is 2.10. The molecule has 0 saturated carbocycles. The molecule has 0 N–H and O–H groups in total. The fourth-order valence-corrected chi connectivity index (χ4v) is 2.07. The largest absolute Gasteiger partial charge is 0.301 e. The number of hydrogen-bond donors (Lipinski definition) is 0. The highest BCUT2D eigenvalue weighted by Crippen LogP contribution is 2.20.